The van der Waals surface area contributed by atoms with Gasteiger partial charge in [0, 0.05) is 26.6 Å². The highest BCUT2D eigenvalue weighted by molar-refractivity contribution is 5.86. The number of carbonyl (C=O) groups excluding carboxylic acids is 2. The number of rotatable bonds is 9. The van der Waals surface area contributed by atoms with Gasteiger partial charge in [-0.15, -0.1) is 0 Å². The summed E-state index contributed by atoms with van der Waals surface area (Å²) in [5, 5.41) is 5.89. The summed E-state index contributed by atoms with van der Waals surface area (Å²) in [6.07, 6.45) is 0.360. The van der Waals surface area contributed by atoms with Crippen molar-refractivity contribution in [2.45, 2.75) is 19.4 Å². The van der Waals surface area contributed by atoms with Crippen LogP contribution >= 0.6 is 0 Å². The van der Waals surface area contributed by atoms with Crippen LogP contribution in [0.4, 0.5) is 0 Å². The largest absolute Gasteiger partial charge is 0.463 e. The van der Waals surface area contributed by atoms with Gasteiger partial charge < -0.3 is 24.5 Å². The standard InChI is InChI=1S/C14H22N2O5/c1-10(11-4-5-12(21-11)14(18)20-3)15-7-6-13(17)16-8-9-19-2/h4-5,10,15H,6-9H2,1-3H3,(H,16,17). The number of nitrogens with one attached hydrogen (secondary N) is 2. The third-order valence-corrected chi connectivity index (χ3v) is 2.87. The number of ether oxygens (including phenoxy) is 2. The van der Waals surface area contributed by atoms with Crippen LogP contribution in [0.15, 0.2) is 16.5 Å². The SMILES string of the molecule is COCCNC(=O)CCNC(C)c1ccc(C(=O)OC)o1. The molecular weight excluding hydrogens is 276 g/mol. The highest BCUT2D eigenvalue weighted by atomic mass is 16.5. The highest BCUT2D eigenvalue weighted by Gasteiger charge is 2.15. The summed E-state index contributed by atoms with van der Waals surface area (Å²) in [5.74, 6) is 0.237. The zero-order chi connectivity index (χ0) is 15.7. The Bertz CT molecular complexity index is 458. The van der Waals surface area contributed by atoms with Gasteiger partial charge in [-0.25, -0.2) is 4.79 Å². The summed E-state index contributed by atoms with van der Waals surface area (Å²) >= 11 is 0. The fraction of sp³-hybridized carbons (Fsp3) is 0.571. The van der Waals surface area contributed by atoms with E-state index in [1.165, 1.54) is 7.11 Å². The predicted octanol–water partition coefficient (Wildman–Crippen LogP) is 0.869. The molecule has 0 saturated heterocycles. The Labute approximate surface area is 124 Å². The molecule has 0 bridgehead atoms. The van der Waals surface area contributed by atoms with E-state index in [0.717, 1.165) is 0 Å². The Morgan fingerprint density at radius 1 is 1.29 bits per heavy atom. The molecule has 1 heterocycles. The lowest BCUT2D eigenvalue weighted by Gasteiger charge is -2.11. The van der Waals surface area contributed by atoms with Gasteiger partial charge in [-0.1, -0.05) is 0 Å². The van der Waals surface area contributed by atoms with Crippen LogP contribution in [0.3, 0.4) is 0 Å². The first-order valence-corrected chi connectivity index (χ1v) is 6.75. The van der Waals surface area contributed by atoms with Crippen molar-refractivity contribution in [1.82, 2.24) is 10.6 Å². The van der Waals surface area contributed by atoms with E-state index in [4.69, 9.17) is 9.15 Å². The Balaban J connectivity index is 2.30. The lowest BCUT2D eigenvalue weighted by Crippen LogP contribution is -2.30. The lowest BCUT2D eigenvalue weighted by atomic mass is 10.2. The first-order chi connectivity index (χ1) is 10.1. The molecule has 0 saturated carbocycles. The number of methoxy groups -OCH3 is 2. The molecule has 118 valence electrons. The van der Waals surface area contributed by atoms with Gasteiger partial charge in [0.15, 0.2) is 0 Å². The molecule has 0 spiro atoms. The van der Waals surface area contributed by atoms with Gasteiger partial charge in [0.05, 0.1) is 19.8 Å². The molecule has 1 atom stereocenters. The van der Waals surface area contributed by atoms with Crippen molar-refractivity contribution < 1.29 is 23.5 Å². The van der Waals surface area contributed by atoms with Crippen LogP contribution in [0.2, 0.25) is 0 Å². The monoisotopic (exact) mass is 298 g/mol. The van der Waals surface area contributed by atoms with Crippen molar-refractivity contribution in [2.75, 3.05) is 33.9 Å². The van der Waals surface area contributed by atoms with E-state index in [1.807, 2.05) is 6.92 Å². The van der Waals surface area contributed by atoms with Crippen LogP contribution in [-0.2, 0) is 14.3 Å². The molecule has 7 heteroatoms. The van der Waals surface area contributed by atoms with E-state index in [-0.39, 0.29) is 17.7 Å². The molecule has 0 aliphatic carbocycles. The number of furan rings is 1. The van der Waals surface area contributed by atoms with Gasteiger partial charge >= 0.3 is 5.97 Å². The van der Waals surface area contributed by atoms with Gasteiger partial charge in [-0.3, -0.25) is 4.79 Å². The van der Waals surface area contributed by atoms with Crippen molar-refractivity contribution in [3.05, 3.63) is 23.7 Å². The second kappa shape index (κ2) is 9.15. The van der Waals surface area contributed by atoms with E-state index in [2.05, 4.69) is 15.4 Å². The molecule has 0 aromatic carbocycles. The predicted molar refractivity (Wildman–Crippen MR) is 76.0 cm³/mol. The maximum Gasteiger partial charge on any atom is 0.373 e. The number of hydrogen-bond acceptors (Lipinski definition) is 6. The van der Waals surface area contributed by atoms with Crippen molar-refractivity contribution >= 4 is 11.9 Å². The Morgan fingerprint density at radius 2 is 2.05 bits per heavy atom. The molecule has 1 aromatic heterocycles. The third kappa shape index (κ3) is 5.97. The molecule has 0 aliphatic rings. The molecule has 21 heavy (non-hydrogen) atoms. The number of esters is 1. The van der Waals surface area contributed by atoms with Crippen LogP contribution < -0.4 is 10.6 Å². The minimum atomic E-state index is -0.508. The summed E-state index contributed by atoms with van der Waals surface area (Å²) in [5.41, 5.74) is 0. The Morgan fingerprint density at radius 3 is 2.71 bits per heavy atom. The van der Waals surface area contributed by atoms with Gasteiger partial charge in [-0.05, 0) is 19.1 Å². The van der Waals surface area contributed by atoms with Crippen LogP contribution in [0, 0.1) is 0 Å². The second-order valence-electron chi connectivity index (χ2n) is 4.46. The molecule has 1 unspecified atom stereocenters. The fourth-order valence-corrected chi connectivity index (χ4v) is 1.68. The van der Waals surface area contributed by atoms with Gasteiger partial charge in [-0.2, -0.15) is 0 Å². The maximum absolute atomic E-state index is 11.5. The zero-order valence-corrected chi connectivity index (χ0v) is 12.6. The van der Waals surface area contributed by atoms with Gasteiger partial charge in [0.2, 0.25) is 11.7 Å². The van der Waals surface area contributed by atoms with Gasteiger partial charge in [0.1, 0.15) is 5.76 Å². The van der Waals surface area contributed by atoms with Crippen molar-refractivity contribution in [3.63, 3.8) is 0 Å². The van der Waals surface area contributed by atoms with E-state index >= 15 is 0 Å². The minimum absolute atomic E-state index is 0.0403. The Kier molecular flexibility index (Phi) is 7.49. The van der Waals surface area contributed by atoms with E-state index in [1.54, 1.807) is 19.2 Å². The molecule has 0 aliphatic heterocycles. The lowest BCUT2D eigenvalue weighted by molar-refractivity contribution is -0.121. The molecule has 1 amide bonds. The average molecular weight is 298 g/mol. The van der Waals surface area contributed by atoms with Crippen molar-refractivity contribution in [3.8, 4) is 0 Å². The summed E-state index contributed by atoms with van der Waals surface area (Å²) in [6.45, 7) is 3.40. The average Bonchev–Trinajstić information content (AvgIpc) is 2.96. The number of amides is 1. The molecule has 2 N–H and O–H groups in total. The first kappa shape index (κ1) is 17.2. The second-order valence-corrected chi connectivity index (χ2v) is 4.46. The molecule has 7 nitrogen and oxygen atoms in total. The maximum atomic E-state index is 11.5. The summed E-state index contributed by atoms with van der Waals surface area (Å²) < 4.78 is 14.8. The van der Waals surface area contributed by atoms with Crippen molar-refractivity contribution in [1.29, 1.82) is 0 Å². The number of hydrogen-bond donors (Lipinski definition) is 2. The summed E-state index contributed by atoms with van der Waals surface area (Å²) in [6, 6.07) is 3.18. The Hall–Kier alpha value is -1.86. The zero-order valence-electron chi connectivity index (χ0n) is 12.6. The van der Waals surface area contributed by atoms with E-state index in [9.17, 15) is 9.59 Å². The summed E-state index contributed by atoms with van der Waals surface area (Å²) in [4.78, 5) is 22.8. The van der Waals surface area contributed by atoms with Gasteiger partial charge in [0.25, 0.3) is 0 Å². The van der Waals surface area contributed by atoms with Crippen LogP contribution in [0.1, 0.15) is 35.7 Å². The molecule has 0 radical (unpaired) electrons. The van der Waals surface area contributed by atoms with Crippen LogP contribution in [0.5, 0.6) is 0 Å². The normalized spacial score (nSPS) is 12.0. The van der Waals surface area contributed by atoms with E-state index in [0.29, 0.717) is 31.9 Å². The first-order valence-electron chi connectivity index (χ1n) is 6.75. The topological polar surface area (TPSA) is 89.8 Å². The third-order valence-electron chi connectivity index (χ3n) is 2.87. The fourth-order valence-electron chi connectivity index (χ4n) is 1.68. The molecule has 1 aromatic rings. The minimum Gasteiger partial charge on any atom is -0.463 e. The van der Waals surface area contributed by atoms with E-state index < -0.39 is 5.97 Å². The smallest absolute Gasteiger partial charge is 0.373 e. The molecular formula is C14H22N2O5. The number of carbonyl (C=O) groups is 2. The quantitative estimate of drug-likeness (QED) is 0.519. The van der Waals surface area contributed by atoms with Crippen LogP contribution in [-0.4, -0.2) is 45.8 Å². The molecule has 1 rings (SSSR count). The molecule has 0 fully saturated rings. The summed E-state index contributed by atoms with van der Waals surface area (Å²) in [7, 11) is 2.88. The van der Waals surface area contributed by atoms with Crippen LogP contribution in [0.25, 0.3) is 0 Å². The van der Waals surface area contributed by atoms with Crippen molar-refractivity contribution in [2.24, 2.45) is 0 Å². The highest BCUT2D eigenvalue weighted by Crippen LogP contribution is 2.16.